The van der Waals surface area contributed by atoms with Gasteiger partial charge in [0.05, 0.1) is 6.61 Å². The van der Waals surface area contributed by atoms with E-state index in [0.717, 1.165) is 5.69 Å². The van der Waals surface area contributed by atoms with Gasteiger partial charge in [0.25, 0.3) is 0 Å². The van der Waals surface area contributed by atoms with Crippen LogP contribution in [0.3, 0.4) is 0 Å². The largest absolute Gasteiger partial charge is 0.333 e. The van der Waals surface area contributed by atoms with Crippen molar-refractivity contribution in [2.24, 2.45) is 5.14 Å². The molecular formula is C7H9ClN2O3S. The van der Waals surface area contributed by atoms with Crippen molar-refractivity contribution < 1.29 is 12.6 Å². The van der Waals surface area contributed by atoms with Crippen LogP contribution in [0.2, 0.25) is 5.15 Å². The molecule has 78 valence electrons. The van der Waals surface area contributed by atoms with Crippen LogP contribution in [0.5, 0.6) is 0 Å². The molecule has 0 bridgehead atoms. The van der Waals surface area contributed by atoms with Crippen molar-refractivity contribution in [1.82, 2.24) is 4.98 Å². The molecule has 0 aliphatic carbocycles. The summed E-state index contributed by atoms with van der Waals surface area (Å²) in [6.07, 6.45) is 0. The number of hydrogen-bond donors (Lipinski definition) is 1. The zero-order valence-electron chi connectivity index (χ0n) is 7.40. The molecule has 0 aromatic carbocycles. The minimum absolute atomic E-state index is 0.203. The third-order valence-corrected chi connectivity index (χ3v) is 2.22. The average Bonchev–Trinajstić information content (AvgIpc) is 2.00. The van der Waals surface area contributed by atoms with Gasteiger partial charge in [-0.3, -0.25) is 4.18 Å². The zero-order valence-corrected chi connectivity index (χ0v) is 8.97. The van der Waals surface area contributed by atoms with Gasteiger partial charge in [-0.2, -0.15) is 8.42 Å². The summed E-state index contributed by atoms with van der Waals surface area (Å²) in [6.45, 7) is 1.57. The van der Waals surface area contributed by atoms with Crippen LogP contribution in [0, 0.1) is 6.92 Å². The van der Waals surface area contributed by atoms with Crippen molar-refractivity contribution in [2.75, 3.05) is 0 Å². The highest BCUT2D eigenvalue weighted by Gasteiger charge is 2.07. The summed E-state index contributed by atoms with van der Waals surface area (Å²) >= 11 is 5.73. The number of rotatable bonds is 3. The van der Waals surface area contributed by atoms with Gasteiger partial charge in [0.2, 0.25) is 0 Å². The van der Waals surface area contributed by atoms with Crippen molar-refractivity contribution in [3.63, 3.8) is 0 Å². The summed E-state index contributed by atoms with van der Waals surface area (Å²) in [5.74, 6) is 0. The maximum Gasteiger partial charge on any atom is 0.333 e. The average molecular weight is 237 g/mol. The Bertz CT molecular complexity index is 433. The minimum atomic E-state index is -3.94. The van der Waals surface area contributed by atoms with E-state index in [1.54, 1.807) is 19.1 Å². The van der Waals surface area contributed by atoms with Crippen LogP contribution in [0.25, 0.3) is 0 Å². The van der Waals surface area contributed by atoms with Gasteiger partial charge in [-0.15, -0.1) is 0 Å². The fourth-order valence-electron chi connectivity index (χ4n) is 0.807. The van der Waals surface area contributed by atoms with Crippen molar-refractivity contribution in [2.45, 2.75) is 13.5 Å². The van der Waals surface area contributed by atoms with E-state index < -0.39 is 10.3 Å². The van der Waals surface area contributed by atoms with Gasteiger partial charge >= 0.3 is 10.3 Å². The highest BCUT2D eigenvalue weighted by molar-refractivity contribution is 7.84. The topological polar surface area (TPSA) is 82.3 Å². The monoisotopic (exact) mass is 236 g/mol. The van der Waals surface area contributed by atoms with Crippen molar-refractivity contribution in [3.05, 3.63) is 28.5 Å². The molecule has 5 nitrogen and oxygen atoms in total. The zero-order chi connectivity index (χ0) is 10.8. The van der Waals surface area contributed by atoms with Crippen LogP contribution in [-0.4, -0.2) is 13.4 Å². The van der Waals surface area contributed by atoms with Gasteiger partial charge in [-0.1, -0.05) is 17.7 Å². The summed E-state index contributed by atoms with van der Waals surface area (Å²) < 4.78 is 25.3. The van der Waals surface area contributed by atoms with E-state index in [-0.39, 0.29) is 11.8 Å². The van der Waals surface area contributed by atoms with E-state index in [1.807, 2.05) is 0 Å². The first-order valence-corrected chi connectivity index (χ1v) is 5.52. The molecule has 0 unspecified atom stereocenters. The molecule has 7 heteroatoms. The van der Waals surface area contributed by atoms with Crippen molar-refractivity contribution in [3.8, 4) is 0 Å². The molecule has 0 radical (unpaired) electrons. The summed E-state index contributed by atoms with van der Waals surface area (Å²) in [5, 5.41) is 4.87. The second-order valence-corrected chi connectivity index (χ2v) is 4.24. The summed E-state index contributed by atoms with van der Waals surface area (Å²) in [6, 6.07) is 3.34. The first kappa shape index (κ1) is 11.4. The number of aromatic nitrogens is 1. The number of nitrogens with two attached hydrogens (primary N) is 1. The van der Waals surface area contributed by atoms with Crippen molar-refractivity contribution >= 4 is 21.9 Å². The Hall–Kier alpha value is -0.690. The normalized spacial score (nSPS) is 11.6. The second kappa shape index (κ2) is 4.22. The van der Waals surface area contributed by atoms with Gasteiger partial charge < -0.3 is 0 Å². The van der Waals surface area contributed by atoms with E-state index >= 15 is 0 Å². The molecule has 1 rings (SSSR count). The van der Waals surface area contributed by atoms with Gasteiger partial charge in [0.1, 0.15) is 5.15 Å². The van der Waals surface area contributed by atoms with E-state index in [4.69, 9.17) is 11.6 Å². The first-order chi connectivity index (χ1) is 6.38. The molecule has 0 amide bonds. The van der Waals surface area contributed by atoms with Gasteiger partial charge in [-0.25, -0.2) is 10.1 Å². The lowest BCUT2D eigenvalue weighted by Crippen LogP contribution is -2.15. The van der Waals surface area contributed by atoms with Gasteiger partial charge in [0.15, 0.2) is 0 Å². The molecule has 0 aliphatic heterocycles. The molecule has 0 saturated carbocycles. The lowest BCUT2D eigenvalue weighted by atomic mass is 10.3. The predicted molar refractivity (Wildman–Crippen MR) is 51.9 cm³/mol. The number of aryl methyl sites for hydroxylation is 1. The fourth-order valence-corrected chi connectivity index (χ4v) is 1.35. The lowest BCUT2D eigenvalue weighted by molar-refractivity contribution is 0.308. The maximum absolute atomic E-state index is 10.5. The second-order valence-electron chi connectivity index (χ2n) is 2.66. The minimum Gasteiger partial charge on any atom is -0.253 e. The molecule has 0 aliphatic rings. The smallest absolute Gasteiger partial charge is 0.253 e. The molecule has 0 atom stereocenters. The first-order valence-electron chi connectivity index (χ1n) is 3.67. The standard InChI is InChI=1S/C7H9ClN2O3S/c1-5-2-3-6(7(8)10-5)4-13-14(9,11)12/h2-3H,4H2,1H3,(H2,9,11,12). The van der Waals surface area contributed by atoms with E-state index in [9.17, 15) is 8.42 Å². The van der Waals surface area contributed by atoms with Crippen LogP contribution in [0.4, 0.5) is 0 Å². The maximum atomic E-state index is 10.5. The third-order valence-electron chi connectivity index (χ3n) is 1.44. The SMILES string of the molecule is Cc1ccc(COS(N)(=O)=O)c(Cl)n1. The Balaban J connectivity index is 2.78. The quantitative estimate of drug-likeness (QED) is 0.786. The van der Waals surface area contributed by atoms with Crippen LogP contribution in [0.15, 0.2) is 12.1 Å². The highest BCUT2D eigenvalue weighted by Crippen LogP contribution is 2.14. The Morgan fingerprint density at radius 1 is 1.57 bits per heavy atom. The van der Waals surface area contributed by atoms with Crippen LogP contribution >= 0.6 is 11.6 Å². The molecule has 0 fully saturated rings. The molecule has 2 N–H and O–H groups in total. The molecule has 1 aromatic heterocycles. The number of nitrogens with zero attached hydrogens (tertiary/aromatic N) is 1. The number of hydrogen-bond acceptors (Lipinski definition) is 4. The number of pyridine rings is 1. The van der Waals surface area contributed by atoms with E-state index in [0.29, 0.717) is 5.56 Å². The Morgan fingerprint density at radius 2 is 2.21 bits per heavy atom. The van der Waals surface area contributed by atoms with Crippen molar-refractivity contribution in [1.29, 1.82) is 0 Å². The Labute approximate surface area is 87.1 Å². The molecular weight excluding hydrogens is 228 g/mol. The Morgan fingerprint density at radius 3 is 2.71 bits per heavy atom. The summed E-state index contributed by atoms with van der Waals surface area (Å²) in [7, 11) is -3.94. The number of halogens is 1. The molecule has 0 spiro atoms. The van der Waals surface area contributed by atoms with Gasteiger partial charge in [0, 0.05) is 11.3 Å². The lowest BCUT2D eigenvalue weighted by Gasteiger charge is -2.03. The molecule has 1 aromatic rings. The Kier molecular flexibility index (Phi) is 3.43. The molecule has 14 heavy (non-hydrogen) atoms. The summed E-state index contributed by atoms with van der Waals surface area (Å²) in [4.78, 5) is 3.92. The third kappa shape index (κ3) is 3.59. The van der Waals surface area contributed by atoms with E-state index in [1.165, 1.54) is 0 Å². The van der Waals surface area contributed by atoms with Crippen LogP contribution < -0.4 is 5.14 Å². The van der Waals surface area contributed by atoms with Gasteiger partial charge in [-0.05, 0) is 13.0 Å². The van der Waals surface area contributed by atoms with Crippen LogP contribution in [0.1, 0.15) is 11.3 Å². The van der Waals surface area contributed by atoms with Crippen LogP contribution in [-0.2, 0) is 21.1 Å². The molecule has 0 saturated heterocycles. The highest BCUT2D eigenvalue weighted by atomic mass is 35.5. The fraction of sp³-hybridized carbons (Fsp3) is 0.286. The van der Waals surface area contributed by atoms with E-state index in [2.05, 4.69) is 14.3 Å². The molecule has 1 heterocycles. The summed E-state index contributed by atoms with van der Waals surface area (Å²) in [5.41, 5.74) is 1.22. The predicted octanol–water partition coefficient (Wildman–Crippen LogP) is 0.764.